The van der Waals surface area contributed by atoms with Gasteiger partial charge in [0.05, 0.1) is 11.4 Å². The molecule has 1 aliphatic rings. The summed E-state index contributed by atoms with van der Waals surface area (Å²) in [6, 6.07) is 66.9. The van der Waals surface area contributed by atoms with Gasteiger partial charge in [0, 0.05) is 22.8 Å². The van der Waals surface area contributed by atoms with Crippen LogP contribution in [0.15, 0.2) is 199 Å². The van der Waals surface area contributed by atoms with E-state index in [1.165, 1.54) is 66.1 Å². The fourth-order valence-electron chi connectivity index (χ4n) is 8.84. The maximum atomic E-state index is 8.94. The maximum absolute atomic E-state index is 8.94. The van der Waals surface area contributed by atoms with Gasteiger partial charge >= 0.3 is 0 Å². The first kappa shape index (κ1) is 34.3. The lowest BCUT2D eigenvalue weighted by Crippen LogP contribution is -2.16. The van der Waals surface area contributed by atoms with Crippen molar-refractivity contribution in [3.63, 3.8) is 0 Å². The molecule has 10 rings (SSSR count). The standard InChI is InChI=1S/C55H40N2/c1-55(2)51-33-42-18-9-8-17-41(42)32-50(51)49-22-12-21-47(54(49)55)38-26-24-37(25-27-38)46-30-29-44(45-19-10-11-20-48(45)46)35-57-53(34-52(56)39-14-4-3-5-15-39)43-28-23-36-13-6-7-16-40(36)31-43/h3-35,56H,1-2H3/b53-34-,56-52?,57-35?. The van der Waals surface area contributed by atoms with E-state index in [2.05, 4.69) is 172 Å². The van der Waals surface area contributed by atoms with E-state index in [1.807, 2.05) is 42.6 Å². The van der Waals surface area contributed by atoms with E-state index in [0.717, 1.165) is 33.2 Å². The van der Waals surface area contributed by atoms with E-state index in [4.69, 9.17) is 10.4 Å². The Balaban J connectivity index is 1.01. The molecule has 0 heterocycles. The first-order chi connectivity index (χ1) is 27.9. The Labute approximate surface area is 333 Å². The van der Waals surface area contributed by atoms with Gasteiger partial charge in [0.2, 0.25) is 0 Å². The van der Waals surface area contributed by atoms with Crippen LogP contribution in [0, 0.1) is 5.41 Å². The number of fused-ring (bicyclic) bond motifs is 6. The number of allylic oxidation sites excluding steroid dienone is 1. The molecule has 0 saturated heterocycles. The lowest BCUT2D eigenvalue weighted by molar-refractivity contribution is 0.663. The second kappa shape index (κ2) is 13.8. The zero-order valence-electron chi connectivity index (χ0n) is 32.0. The highest BCUT2D eigenvalue weighted by Gasteiger charge is 2.37. The Morgan fingerprint density at radius 2 is 1.09 bits per heavy atom. The molecule has 57 heavy (non-hydrogen) atoms. The van der Waals surface area contributed by atoms with Gasteiger partial charge in [0.1, 0.15) is 0 Å². The van der Waals surface area contributed by atoms with Crippen LogP contribution < -0.4 is 0 Å². The van der Waals surface area contributed by atoms with Gasteiger partial charge in [-0.25, -0.2) is 0 Å². The summed E-state index contributed by atoms with van der Waals surface area (Å²) < 4.78 is 0. The average Bonchev–Trinajstić information content (AvgIpc) is 3.49. The fourth-order valence-corrected chi connectivity index (χ4v) is 8.84. The van der Waals surface area contributed by atoms with Gasteiger partial charge in [-0.15, -0.1) is 0 Å². The number of hydrogen-bond donors (Lipinski definition) is 1. The zero-order chi connectivity index (χ0) is 38.5. The Hall–Kier alpha value is -7.16. The molecule has 0 bridgehead atoms. The van der Waals surface area contributed by atoms with Crippen molar-refractivity contribution in [1.29, 1.82) is 5.41 Å². The average molecular weight is 729 g/mol. The molecule has 0 saturated carbocycles. The summed E-state index contributed by atoms with van der Waals surface area (Å²) in [5.41, 5.74) is 14.2. The van der Waals surface area contributed by atoms with Crippen LogP contribution in [0.3, 0.4) is 0 Å². The van der Waals surface area contributed by atoms with E-state index < -0.39 is 0 Å². The van der Waals surface area contributed by atoms with Gasteiger partial charge in [-0.2, -0.15) is 0 Å². The third-order valence-corrected chi connectivity index (χ3v) is 11.8. The Morgan fingerprint density at radius 1 is 0.474 bits per heavy atom. The lowest BCUT2D eigenvalue weighted by atomic mass is 9.78. The van der Waals surface area contributed by atoms with E-state index in [1.54, 1.807) is 0 Å². The van der Waals surface area contributed by atoms with E-state index >= 15 is 0 Å². The number of aliphatic imine (C=N–C) groups is 1. The van der Waals surface area contributed by atoms with Crippen LogP contribution in [0.25, 0.3) is 71.4 Å². The first-order valence-electron chi connectivity index (χ1n) is 19.6. The number of benzene rings is 9. The van der Waals surface area contributed by atoms with Gasteiger partial charge in [-0.1, -0.05) is 184 Å². The quantitative estimate of drug-likeness (QED) is 0.159. The molecule has 0 aliphatic heterocycles. The van der Waals surface area contributed by atoms with E-state index in [-0.39, 0.29) is 5.41 Å². The van der Waals surface area contributed by atoms with Crippen LogP contribution >= 0.6 is 0 Å². The maximum Gasteiger partial charge on any atom is 0.0723 e. The minimum atomic E-state index is -0.122. The molecule has 0 fully saturated rings. The zero-order valence-corrected chi connectivity index (χ0v) is 32.0. The van der Waals surface area contributed by atoms with Crippen LogP contribution in [0.2, 0.25) is 0 Å². The molecule has 0 unspecified atom stereocenters. The number of hydrogen-bond acceptors (Lipinski definition) is 2. The Morgan fingerprint density at radius 3 is 1.84 bits per heavy atom. The molecule has 9 aromatic rings. The predicted octanol–water partition coefficient (Wildman–Crippen LogP) is 14.3. The number of nitrogens with zero attached hydrogens (tertiary/aromatic N) is 1. The van der Waals surface area contributed by atoms with E-state index in [0.29, 0.717) is 5.71 Å². The number of rotatable bonds is 7. The molecule has 0 atom stereocenters. The SMILES string of the molecule is CC1(C)c2cc3ccccc3cc2-c2cccc(-c3ccc(-c4ccc(C=N/C(=C\C(=N)c5ccccc5)c5ccc6ccccc6c5)c5ccccc45)cc3)c21. The van der Waals surface area contributed by atoms with Crippen LogP contribution in [0.4, 0.5) is 0 Å². The second-order valence-electron chi connectivity index (χ2n) is 15.6. The monoisotopic (exact) mass is 728 g/mol. The summed E-state index contributed by atoms with van der Waals surface area (Å²) >= 11 is 0. The predicted molar refractivity (Wildman–Crippen MR) is 243 cm³/mol. The van der Waals surface area contributed by atoms with Crippen LogP contribution in [0.1, 0.15) is 41.7 Å². The lowest BCUT2D eigenvalue weighted by Gasteiger charge is -2.25. The molecular weight excluding hydrogens is 689 g/mol. The van der Waals surface area contributed by atoms with Crippen LogP contribution in [-0.4, -0.2) is 11.9 Å². The normalized spacial score (nSPS) is 13.3. The van der Waals surface area contributed by atoms with Gasteiger partial charge in [-0.05, 0) is 107 Å². The minimum Gasteiger partial charge on any atom is -0.300 e. The molecule has 0 amide bonds. The summed E-state index contributed by atoms with van der Waals surface area (Å²) in [7, 11) is 0. The van der Waals surface area contributed by atoms with Crippen molar-refractivity contribution in [3.05, 3.63) is 222 Å². The smallest absolute Gasteiger partial charge is 0.0723 e. The molecule has 2 nitrogen and oxygen atoms in total. The summed E-state index contributed by atoms with van der Waals surface area (Å²) in [4.78, 5) is 5.10. The summed E-state index contributed by atoms with van der Waals surface area (Å²) in [5.74, 6) is 0. The van der Waals surface area contributed by atoms with Crippen molar-refractivity contribution in [3.8, 4) is 33.4 Å². The topological polar surface area (TPSA) is 36.2 Å². The molecule has 0 radical (unpaired) electrons. The minimum absolute atomic E-state index is 0.122. The molecule has 1 N–H and O–H groups in total. The highest BCUT2D eigenvalue weighted by molar-refractivity contribution is 6.12. The fraction of sp³-hybridized carbons (Fsp3) is 0.0545. The van der Waals surface area contributed by atoms with Crippen molar-refractivity contribution >= 4 is 49.9 Å². The molecule has 2 heteroatoms. The molecule has 0 spiro atoms. The van der Waals surface area contributed by atoms with Crippen molar-refractivity contribution in [2.75, 3.05) is 0 Å². The third kappa shape index (κ3) is 6.07. The molecular formula is C55H40N2. The molecule has 270 valence electrons. The van der Waals surface area contributed by atoms with Gasteiger partial charge in [0.15, 0.2) is 0 Å². The Bertz CT molecular complexity index is 3090. The van der Waals surface area contributed by atoms with Crippen molar-refractivity contribution in [1.82, 2.24) is 0 Å². The third-order valence-electron chi connectivity index (χ3n) is 11.8. The molecule has 0 aromatic heterocycles. The van der Waals surface area contributed by atoms with Crippen molar-refractivity contribution < 1.29 is 0 Å². The molecule has 1 aliphatic carbocycles. The van der Waals surface area contributed by atoms with Crippen LogP contribution in [-0.2, 0) is 5.41 Å². The van der Waals surface area contributed by atoms with Gasteiger partial charge in [-0.3, -0.25) is 4.99 Å². The van der Waals surface area contributed by atoms with Gasteiger partial charge in [0.25, 0.3) is 0 Å². The van der Waals surface area contributed by atoms with Gasteiger partial charge < -0.3 is 5.41 Å². The molecule has 9 aromatic carbocycles. The second-order valence-corrected chi connectivity index (χ2v) is 15.6. The van der Waals surface area contributed by atoms with E-state index in [9.17, 15) is 0 Å². The van der Waals surface area contributed by atoms with Crippen LogP contribution in [0.5, 0.6) is 0 Å². The Kier molecular flexibility index (Phi) is 8.34. The van der Waals surface area contributed by atoms with Crippen molar-refractivity contribution in [2.45, 2.75) is 19.3 Å². The summed E-state index contributed by atoms with van der Waals surface area (Å²) in [5, 5.41) is 16.1. The van der Waals surface area contributed by atoms with Crippen molar-refractivity contribution in [2.24, 2.45) is 4.99 Å². The first-order valence-corrected chi connectivity index (χ1v) is 19.6. The summed E-state index contributed by atoms with van der Waals surface area (Å²) in [6.45, 7) is 4.74. The summed E-state index contributed by atoms with van der Waals surface area (Å²) in [6.07, 6.45) is 3.82. The largest absolute Gasteiger partial charge is 0.300 e. The highest BCUT2D eigenvalue weighted by Crippen LogP contribution is 2.53. The number of nitrogens with one attached hydrogen (secondary N) is 1. The highest BCUT2D eigenvalue weighted by atomic mass is 14.7.